The second kappa shape index (κ2) is 6.32. The summed E-state index contributed by atoms with van der Waals surface area (Å²) in [4.78, 5) is 6.94. The molecule has 7 nitrogen and oxygen atoms in total. The third-order valence-electron chi connectivity index (χ3n) is 5.25. The minimum atomic E-state index is -0.176. The average Bonchev–Trinajstić information content (AvgIpc) is 3.41. The minimum Gasteiger partial charge on any atom is -0.454 e. The van der Waals surface area contributed by atoms with Crippen LogP contribution >= 0.6 is 23.1 Å². The molecule has 0 bridgehead atoms. The highest BCUT2D eigenvalue weighted by Gasteiger charge is 2.31. The molecule has 9 heteroatoms. The molecule has 4 aromatic rings. The first-order valence-electron chi connectivity index (χ1n) is 9.37. The van der Waals surface area contributed by atoms with E-state index in [2.05, 4.69) is 30.1 Å². The molecule has 0 aliphatic carbocycles. The lowest BCUT2D eigenvalue weighted by Gasteiger charge is -2.30. The Morgan fingerprint density at radius 1 is 1.21 bits per heavy atom. The molecule has 6 rings (SSSR count). The summed E-state index contributed by atoms with van der Waals surface area (Å²) in [6.07, 6.45) is 2.68. The van der Waals surface area contributed by atoms with Gasteiger partial charge >= 0.3 is 0 Å². The van der Waals surface area contributed by atoms with Crippen LogP contribution < -0.4 is 9.47 Å². The van der Waals surface area contributed by atoms with Gasteiger partial charge in [-0.25, -0.2) is 4.98 Å². The van der Waals surface area contributed by atoms with Crippen molar-refractivity contribution in [2.24, 2.45) is 0 Å². The van der Waals surface area contributed by atoms with Gasteiger partial charge in [0.1, 0.15) is 11.2 Å². The standard InChI is InChI=1S/C20H18N4O3S2/c1-20(2)6-12-15(7-27-20)29-18-16(12)17-22-23-19(24(17)9-21-18)28-8-11-3-4-13-14(5-11)26-10-25-13/h3-5,9H,6-8,10H2,1-2H3. The average molecular weight is 427 g/mol. The summed E-state index contributed by atoms with van der Waals surface area (Å²) in [6.45, 7) is 5.18. The third-order valence-corrected chi connectivity index (χ3v) is 7.38. The molecule has 0 fully saturated rings. The molecule has 0 saturated heterocycles. The molecule has 0 N–H and O–H groups in total. The number of hydrogen-bond acceptors (Lipinski definition) is 8. The second-order valence-corrected chi connectivity index (χ2v) is 9.83. The van der Waals surface area contributed by atoms with Crippen molar-refractivity contribution < 1.29 is 14.2 Å². The van der Waals surface area contributed by atoms with Crippen molar-refractivity contribution in [3.63, 3.8) is 0 Å². The molecule has 0 atom stereocenters. The Morgan fingerprint density at radius 2 is 2.10 bits per heavy atom. The van der Waals surface area contributed by atoms with Gasteiger partial charge in [0.2, 0.25) is 6.79 Å². The summed E-state index contributed by atoms with van der Waals surface area (Å²) in [6, 6.07) is 6.02. The van der Waals surface area contributed by atoms with Crippen molar-refractivity contribution in [3.8, 4) is 11.5 Å². The number of thioether (sulfide) groups is 1. The molecule has 0 amide bonds. The number of nitrogens with zero attached hydrogens (tertiary/aromatic N) is 4. The molecule has 0 spiro atoms. The quantitative estimate of drug-likeness (QED) is 0.455. The number of benzene rings is 1. The fourth-order valence-electron chi connectivity index (χ4n) is 3.80. The molecule has 148 valence electrons. The van der Waals surface area contributed by atoms with Crippen LogP contribution in [0.3, 0.4) is 0 Å². The SMILES string of the molecule is CC1(C)Cc2c(sc3ncn4c(SCc5ccc6c(c5)OCO6)nnc4c23)CO1. The van der Waals surface area contributed by atoms with Gasteiger partial charge in [0.05, 0.1) is 17.6 Å². The van der Waals surface area contributed by atoms with Gasteiger partial charge < -0.3 is 14.2 Å². The summed E-state index contributed by atoms with van der Waals surface area (Å²) in [5, 5.41) is 10.9. The van der Waals surface area contributed by atoms with Crippen LogP contribution in [0.4, 0.5) is 0 Å². The zero-order valence-corrected chi connectivity index (χ0v) is 17.6. The van der Waals surface area contributed by atoms with Crippen LogP contribution in [0.5, 0.6) is 11.5 Å². The summed E-state index contributed by atoms with van der Waals surface area (Å²) in [7, 11) is 0. The van der Waals surface area contributed by atoms with Crippen LogP contribution in [0.2, 0.25) is 0 Å². The highest BCUT2D eigenvalue weighted by molar-refractivity contribution is 7.98. The van der Waals surface area contributed by atoms with E-state index in [-0.39, 0.29) is 12.4 Å². The van der Waals surface area contributed by atoms with E-state index >= 15 is 0 Å². The smallest absolute Gasteiger partial charge is 0.231 e. The third kappa shape index (κ3) is 2.87. The largest absolute Gasteiger partial charge is 0.454 e. The second-order valence-electron chi connectivity index (χ2n) is 7.81. The molecule has 0 saturated carbocycles. The highest BCUT2D eigenvalue weighted by atomic mass is 32.2. The molecule has 29 heavy (non-hydrogen) atoms. The van der Waals surface area contributed by atoms with E-state index in [0.29, 0.717) is 6.61 Å². The zero-order valence-electron chi connectivity index (χ0n) is 16.0. The van der Waals surface area contributed by atoms with E-state index in [9.17, 15) is 0 Å². The molecule has 1 aromatic carbocycles. The van der Waals surface area contributed by atoms with Gasteiger partial charge in [-0.1, -0.05) is 17.8 Å². The number of aromatic nitrogens is 4. The number of fused-ring (bicyclic) bond motifs is 6. The monoisotopic (exact) mass is 426 g/mol. The maximum atomic E-state index is 5.97. The predicted octanol–water partition coefficient (Wildman–Crippen LogP) is 4.21. The summed E-state index contributed by atoms with van der Waals surface area (Å²) in [5.41, 5.74) is 3.15. The van der Waals surface area contributed by atoms with Gasteiger partial charge in [-0.15, -0.1) is 21.5 Å². The summed E-state index contributed by atoms with van der Waals surface area (Å²) in [5.74, 6) is 2.36. The molecular weight excluding hydrogens is 408 g/mol. The Morgan fingerprint density at radius 3 is 3.03 bits per heavy atom. The van der Waals surface area contributed by atoms with Gasteiger partial charge in [0, 0.05) is 17.1 Å². The Labute approximate surface area is 175 Å². The Kier molecular flexibility index (Phi) is 3.81. The van der Waals surface area contributed by atoms with Crippen molar-refractivity contribution in [3.05, 3.63) is 40.5 Å². The van der Waals surface area contributed by atoms with E-state index in [4.69, 9.17) is 19.2 Å². The van der Waals surface area contributed by atoms with Gasteiger partial charge in [0.15, 0.2) is 22.3 Å². The molecule has 0 radical (unpaired) electrons. The van der Waals surface area contributed by atoms with E-state index in [1.54, 1.807) is 23.1 Å². The number of rotatable bonds is 3. The maximum absolute atomic E-state index is 5.97. The molecule has 2 aliphatic rings. The van der Waals surface area contributed by atoms with Crippen molar-refractivity contribution in [1.29, 1.82) is 0 Å². The maximum Gasteiger partial charge on any atom is 0.231 e. The van der Waals surface area contributed by atoms with E-state index in [1.807, 2.05) is 22.9 Å². The summed E-state index contributed by atoms with van der Waals surface area (Å²) >= 11 is 3.33. The molecule has 3 aromatic heterocycles. The number of thiophene rings is 1. The van der Waals surface area contributed by atoms with Crippen LogP contribution in [-0.2, 0) is 23.5 Å². The van der Waals surface area contributed by atoms with Gasteiger partial charge in [-0.2, -0.15) is 0 Å². The van der Waals surface area contributed by atoms with E-state index in [1.165, 1.54) is 10.4 Å². The van der Waals surface area contributed by atoms with Gasteiger partial charge in [0.25, 0.3) is 0 Å². The van der Waals surface area contributed by atoms with Gasteiger partial charge in [-0.3, -0.25) is 4.40 Å². The first-order valence-corrected chi connectivity index (χ1v) is 11.2. The normalized spacial score (nSPS) is 17.2. The number of hydrogen-bond donors (Lipinski definition) is 0. The zero-order chi connectivity index (χ0) is 19.6. The lowest BCUT2D eigenvalue weighted by molar-refractivity contribution is -0.0379. The van der Waals surface area contributed by atoms with Crippen molar-refractivity contribution in [1.82, 2.24) is 19.6 Å². The Balaban J connectivity index is 1.35. The van der Waals surface area contributed by atoms with Crippen LogP contribution in [0.25, 0.3) is 15.9 Å². The molecule has 2 aliphatic heterocycles. The Hall–Kier alpha value is -2.36. The van der Waals surface area contributed by atoms with Crippen molar-refractivity contribution in [2.75, 3.05) is 6.79 Å². The lowest BCUT2D eigenvalue weighted by atomic mass is 9.94. The van der Waals surface area contributed by atoms with Crippen LogP contribution in [0, 0.1) is 0 Å². The number of ether oxygens (including phenoxy) is 3. The fourth-order valence-corrected chi connectivity index (χ4v) is 5.71. The topological polar surface area (TPSA) is 70.8 Å². The van der Waals surface area contributed by atoms with Crippen molar-refractivity contribution in [2.45, 2.75) is 43.4 Å². The fraction of sp³-hybridized carbons (Fsp3) is 0.350. The molecule has 0 unspecified atom stereocenters. The van der Waals surface area contributed by atoms with Crippen LogP contribution in [0.15, 0.2) is 29.7 Å². The van der Waals surface area contributed by atoms with E-state index in [0.717, 1.165) is 50.3 Å². The molecular formula is C20H18N4O3S2. The first-order chi connectivity index (χ1) is 14.1. The van der Waals surface area contributed by atoms with Gasteiger partial charge in [-0.05, 0) is 37.1 Å². The van der Waals surface area contributed by atoms with Crippen LogP contribution in [-0.4, -0.2) is 32.0 Å². The Bertz CT molecular complexity index is 1260. The van der Waals surface area contributed by atoms with Crippen molar-refractivity contribution >= 4 is 39.0 Å². The lowest BCUT2D eigenvalue weighted by Crippen LogP contribution is -2.31. The van der Waals surface area contributed by atoms with E-state index < -0.39 is 0 Å². The predicted molar refractivity (Wildman–Crippen MR) is 111 cm³/mol. The minimum absolute atomic E-state index is 0.176. The summed E-state index contributed by atoms with van der Waals surface area (Å²) < 4.78 is 18.8. The highest BCUT2D eigenvalue weighted by Crippen LogP contribution is 2.40. The first kappa shape index (κ1) is 17.5. The molecule has 5 heterocycles. The van der Waals surface area contributed by atoms with Crippen LogP contribution in [0.1, 0.15) is 29.9 Å².